The van der Waals surface area contributed by atoms with Gasteiger partial charge in [0.2, 0.25) is 0 Å². The lowest BCUT2D eigenvalue weighted by atomic mass is 9.75. The highest BCUT2D eigenvalue weighted by atomic mass is 16.3. The van der Waals surface area contributed by atoms with Crippen molar-refractivity contribution in [3.8, 4) is 5.75 Å². The number of phenolic OH excluding ortho intramolecular Hbond substituents is 1. The number of hydrogen-bond donors (Lipinski definition) is 1. The molecule has 3 nitrogen and oxygen atoms in total. The molecular weight excluding hydrogens is 238 g/mol. The van der Waals surface area contributed by atoms with Crippen LogP contribution in [-0.4, -0.2) is 29.4 Å². The van der Waals surface area contributed by atoms with Crippen molar-refractivity contribution in [3.05, 3.63) is 29.8 Å². The van der Waals surface area contributed by atoms with Crippen LogP contribution in [0, 0.1) is 0 Å². The molecule has 1 aliphatic carbocycles. The van der Waals surface area contributed by atoms with Gasteiger partial charge in [0.15, 0.2) is 0 Å². The van der Waals surface area contributed by atoms with Crippen molar-refractivity contribution >= 4 is 5.78 Å². The highest BCUT2D eigenvalue weighted by molar-refractivity contribution is 5.79. The maximum Gasteiger partial charge on any atom is 0.133 e. The molecule has 0 unspecified atom stereocenters. The molecule has 0 radical (unpaired) electrons. The maximum atomic E-state index is 11.6. The van der Waals surface area contributed by atoms with Crippen molar-refractivity contribution in [2.45, 2.75) is 44.6 Å². The summed E-state index contributed by atoms with van der Waals surface area (Å²) in [5.41, 5.74) is 1.04. The molecular formula is C16H23NO2. The van der Waals surface area contributed by atoms with Gasteiger partial charge in [-0.1, -0.05) is 19.1 Å². The molecule has 1 fully saturated rings. The zero-order valence-electron chi connectivity index (χ0n) is 11.9. The van der Waals surface area contributed by atoms with E-state index in [0.717, 1.165) is 31.4 Å². The maximum absolute atomic E-state index is 11.6. The van der Waals surface area contributed by atoms with Gasteiger partial charge in [0.1, 0.15) is 11.5 Å². The fraction of sp³-hybridized carbons (Fsp3) is 0.562. The van der Waals surface area contributed by atoms with Crippen molar-refractivity contribution < 1.29 is 9.90 Å². The lowest BCUT2D eigenvalue weighted by molar-refractivity contribution is -0.123. The van der Waals surface area contributed by atoms with Crippen molar-refractivity contribution in [3.63, 3.8) is 0 Å². The second-order valence-electron chi connectivity index (χ2n) is 5.54. The Morgan fingerprint density at radius 3 is 2.58 bits per heavy atom. The number of carbonyl (C=O) groups excluding carboxylic acids is 1. The van der Waals surface area contributed by atoms with Crippen LogP contribution >= 0.6 is 0 Å². The fourth-order valence-electron chi connectivity index (χ4n) is 3.18. The Morgan fingerprint density at radius 2 is 2.00 bits per heavy atom. The number of hydrogen-bond acceptors (Lipinski definition) is 3. The van der Waals surface area contributed by atoms with Crippen molar-refractivity contribution in [1.29, 1.82) is 0 Å². The van der Waals surface area contributed by atoms with Gasteiger partial charge < -0.3 is 5.11 Å². The summed E-state index contributed by atoms with van der Waals surface area (Å²) in [6, 6.07) is 7.51. The molecule has 0 spiro atoms. The average Bonchev–Trinajstić information content (AvgIpc) is 2.40. The third-order valence-electron chi connectivity index (χ3n) is 4.31. The number of ketones is 1. The summed E-state index contributed by atoms with van der Waals surface area (Å²) in [7, 11) is 2.13. The Kier molecular flexibility index (Phi) is 4.25. The van der Waals surface area contributed by atoms with E-state index in [0.29, 0.717) is 24.4 Å². The first-order chi connectivity index (χ1) is 9.08. The summed E-state index contributed by atoms with van der Waals surface area (Å²) in [4.78, 5) is 13.9. The molecule has 1 aromatic rings. The molecule has 1 aliphatic rings. The van der Waals surface area contributed by atoms with Crippen LogP contribution in [0.3, 0.4) is 0 Å². The molecule has 1 N–H and O–H groups in total. The van der Waals surface area contributed by atoms with Crippen LogP contribution in [0.5, 0.6) is 5.75 Å². The number of nitrogens with zero attached hydrogens (tertiary/aromatic N) is 1. The number of aromatic hydroxyl groups is 1. The fourth-order valence-corrected chi connectivity index (χ4v) is 3.18. The SMILES string of the molecule is CCCN(C)C1(c2cccc(O)c2)CCC(=O)CC1. The first-order valence-corrected chi connectivity index (χ1v) is 7.11. The van der Waals surface area contributed by atoms with E-state index in [1.807, 2.05) is 12.1 Å². The van der Waals surface area contributed by atoms with Crippen LogP contribution < -0.4 is 0 Å². The van der Waals surface area contributed by atoms with E-state index in [1.165, 1.54) is 0 Å². The minimum atomic E-state index is -0.0946. The van der Waals surface area contributed by atoms with Crippen LogP contribution in [0.1, 0.15) is 44.6 Å². The highest BCUT2D eigenvalue weighted by Crippen LogP contribution is 2.41. The largest absolute Gasteiger partial charge is 0.508 e. The monoisotopic (exact) mass is 261 g/mol. The molecule has 0 aliphatic heterocycles. The third-order valence-corrected chi connectivity index (χ3v) is 4.31. The van der Waals surface area contributed by atoms with Gasteiger partial charge in [0, 0.05) is 18.4 Å². The summed E-state index contributed by atoms with van der Waals surface area (Å²) in [6.45, 7) is 3.17. The van der Waals surface area contributed by atoms with E-state index in [-0.39, 0.29) is 5.54 Å². The lowest BCUT2D eigenvalue weighted by Crippen LogP contribution is -2.46. The van der Waals surface area contributed by atoms with E-state index < -0.39 is 0 Å². The van der Waals surface area contributed by atoms with E-state index in [9.17, 15) is 9.90 Å². The minimum Gasteiger partial charge on any atom is -0.508 e. The van der Waals surface area contributed by atoms with Crippen LogP contribution in [0.25, 0.3) is 0 Å². The Bertz CT molecular complexity index is 446. The van der Waals surface area contributed by atoms with E-state index in [2.05, 4.69) is 24.9 Å². The highest BCUT2D eigenvalue weighted by Gasteiger charge is 2.39. The number of phenols is 1. The quantitative estimate of drug-likeness (QED) is 0.905. The second kappa shape index (κ2) is 5.74. The van der Waals surface area contributed by atoms with Gasteiger partial charge in [0.25, 0.3) is 0 Å². The minimum absolute atomic E-state index is 0.0946. The molecule has 0 saturated heterocycles. The summed E-state index contributed by atoms with van der Waals surface area (Å²) in [5, 5.41) is 9.74. The molecule has 19 heavy (non-hydrogen) atoms. The van der Waals surface area contributed by atoms with Crippen molar-refractivity contribution in [2.24, 2.45) is 0 Å². The lowest BCUT2D eigenvalue weighted by Gasteiger charge is -2.45. The molecule has 0 bridgehead atoms. The van der Waals surface area contributed by atoms with Gasteiger partial charge in [-0.3, -0.25) is 9.69 Å². The van der Waals surface area contributed by atoms with Gasteiger partial charge >= 0.3 is 0 Å². The number of benzene rings is 1. The van der Waals surface area contributed by atoms with Crippen molar-refractivity contribution in [1.82, 2.24) is 4.90 Å². The zero-order chi connectivity index (χ0) is 13.9. The van der Waals surface area contributed by atoms with Gasteiger partial charge in [-0.05, 0) is 50.6 Å². The molecule has 3 heteroatoms. The summed E-state index contributed by atoms with van der Waals surface area (Å²) >= 11 is 0. The van der Waals surface area contributed by atoms with Crippen LogP contribution in [0.2, 0.25) is 0 Å². The standard InChI is InChI=1S/C16H23NO2/c1-3-11-17(2)16(9-7-14(18)8-10-16)13-5-4-6-15(19)12-13/h4-6,12,19H,3,7-11H2,1-2H3. The molecule has 0 aromatic heterocycles. The van der Waals surface area contributed by atoms with E-state index >= 15 is 0 Å². The van der Waals surface area contributed by atoms with Gasteiger partial charge in [-0.2, -0.15) is 0 Å². The topological polar surface area (TPSA) is 40.5 Å². The van der Waals surface area contributed by atoms with Gasteiger partial charge in [-0.25, -0.2) is 0 Å². The molecule has 2 rings (SSSR count). The molecule has 1 saturated carbocycles. The summed E-state index contributed by atoms with van der Waals surface area (Å²) < 4.78 is 0. The predicted octanol–water partition coefficient (Wildman–Crippen LogP) is 3.07. The molecule has 0 atom stereocenters. The number of Topliss-reactive ketones (excluding diaryl/α,β-unsaturated/α-hetero) is 1. The number of carbonyl (C=O) groups is 1. The normalized spacial score (nSPS) is 18.8. The Labute approximate surface area is 115 Å². The Morgan fingerprint density at radius 1 is 1.32 bits per heavy atom. The van der Waals surface area contributed by atoms with Gasteiger partial charge in [0.05, 0.1) is 0 Å². The smallest absolute Gasteiger partial charge is 0.133 e. The first-order valence-electron chi connectivity index (χ1n) is 7.11. The summed E-state index contributed by atoms with van der Waals surface area (Å²) in [5.74, 6) is 0.666. The third kappa shape index (κ3) is 2.81. The Hall–Kier alpha value is -1.35. The average molecular weight is 261 g/mol. The van der Waals surface area contributed by atoms with Crippen LogP contribution in [-0.2, 0) is 10.3 Å². The first kappa shape index (κ1) is 14.1. The Balaban J connectivity index is 2.36. The molecule has 0 amide bonds. The van der Waals surface area contributed by atoms with Crippen molar-refractivity contribution in [2.75, 3.05) is 13.6 Å². The second-order valence-corrected chi connectivity index (χ2v) is 5.54. The molecule has 1 aromatic carbocycles. The summed E-state index contributed by atoms with van der Waals surface area (Å²) in [6.07, 6.45) is 4.08. The molecule has 104 valence electrons. The van der Waals surface area contributed by atoms with E-state index in [1.54, 1.807) is 6.07 Å². The zero-order valence-corrected chi connectivity index (χ0v) is 11.9. The van der Waals surface area contributed by atoms with E-state index in [4.69, 9.17) is 0 Å². The predicted molar refractivity (Wildman–Crippen MR) is 76.2 cm³/mol. The van der Waals surface area contributed by atoms with Crippen LogP contribution in [0.15, 0.2) is 24.3 Å². The van der Waals surface area contributed by atoms with Crippen LogP contribution in [0.4, 0.5) is 0 Å². The van der Waals surface area contributed by atoms with Gasteiger partial charge in [-0.15, -0.1) is 0 Å². The molecule has 0 heterocycles. The number of rotatable bonds is 4.